The van der Waals surface area contributed by atoms with Crippen LogP contribution in [0, 0.1) is 0 Å². The van der Waals surface area contributed by atoms with Crippen LogP contribution in [0.2, 0.25) is 0 Å². The standard InChI is InChI=1S/C13H19NO/c1-3-4-7-11(2)14-10-12-8-5-6-9-13(12)15/h3,5-6,8-9,11,14-15H,1,4,7,10H2,2H3. The number of aromatic hydroxyl groups is 1. The molecule has 0 heterocycles. The minimum absolute atomic E-state index is 0.362. The number of rotatable bonds is 6. The Morgan fingerprint density at radius 2 is 2.20 bits per heavy atom. The fourth-order valence-electron chi connectivity index (χ4n) is 1.41. The Morgan fingerprint density at radius 1 is 1.47 bits per heavy atom. The SMILES string of the molecule is C=CCCC(C)NCc1ccccc1O. The summed E-state index contributed by atoms with van der Waals surface area (Å²) in [7, 11) is 0. The molecule has 15 heavy (non-hydrogen) atoms. The van der Waals surface area contributed by atoms with Gasteiger partial charge in [-0.25, -0.2) is 0 Å². The lowest BCUT2D eigenvalue weighted by molar-refractivity contribution is 0.455. The molecule has 2 nitrogen and oxygen atoms in total. The molecule has 0 bridgehead atoms. The van der Waals surface area contributed by atoms with Crippen molar-refractivity contribution in [1.29, 1.82) is 0 Å². The number of hydrogen-bond donors (Lipinski definition) is 2. The summed E-state index contributed by atoms with van der Waals surface area (Å²) in [6.07, 6.45) is 4.03. The highest BCUT2D eigenvalue weighted by Crippen LogP contribution is 2.15. The molecule has 2 N–H and O–H groups in total. The average molecular weight is 205 g/mol. The van der Waals surface area contributed by atoms with E-state index < -0.39 is 0 Å². The average Bonchev–Trinajstić information content (AvgIpc) is 2.25. The van der Waals surface area contributed by atoms with E-state index in [-0.39, 0.29) is 0 Å². The van der Waals surface area contributed by atoms with Crippen molar-refractivity contribution in [3.8, 4) is 5.75 Å². The van der Waals surface area contributed by atoms with E-state index in [9.17, 15) is 5.11 Å². The maximum Gasteiger partial charge on any atom is 0.120 e. The van der Waals surface area contributed by atoms with Crippen LogP contribution in [0.5, 0.6) is 5.75 Å². The molecule has 1 rings (SSSR count). The van der Waals surface area contributed by atoms with Gasteiger partial charge in [0.15, 0.2) is 0 Å². The summed E-state index contributed by atoms with van der Waals surface area (Å²) in [5.74, 6) is 0.362. The molecular weight excluding hydrogens is 186 g/mol. The van der Waals surface area contributed by atoms with Gasteiger partial charge in [0.1, 0.15) is 5.75 Å². The number of phenolic OH excluding ortho intramolecular Hbond substituents is 1. The molecule has 0 radical (unpaired) electrons. The van der Waals surface area contributed by atoms with Gasteiger partial charge in [-0.15, -0.1) is 6.58 Å². The van der Waals surface area contributed by atoms with Crippen molar-refractivity contribution in [3.63, 3.8) is 0 Å². The van der Waals surface area contributed by atoms with Crippen LogP contribution >= 0.6 is 0 Å². The summed E-state index contributed by atoms with van der Waals surface area (Å²) >= 11 is 0. The second kappa shape index (κ2) is 6.25. The smallest absolute Gasteiger partial charge is 0.120 e. The normalized spacial score (nSPS) is 12.3. The topological polar surface area (TPSA) is 32.3 Å². The van der Waals surface area contributed by atoms with Gasteiger partial charge in [0.2, 0.25) is 0 Å². The summed E-state index contributed by atoms with van der Waals surface area (Å²) in [4.78, 5) is 0. The zero-order valence-electron chi connectivity index (χ0n) is 9.24. The van der Waals surface area contributed by atoms with Gasteiger partial charge >= 0.3 is 0 Å². The van der Waals surface area contributed by atoms with Crippen molar-refractivity contribution in [2.45, 2.75) is 32.4 Å². The van der Waals surface area contributed by atoms with Crippen LogP contribution in [0.1, 0.15) is 25.3 Å². The molecule has 0 spiro atoms. The Labute approximate surface area is 91.6 Å². The molecule has 0 amide bonds. The van der Waals surface area contributed by atoms with E-state index >= 15 is 0 Å². The van der Waals surface area contributed by atoms with Gasteiger partial charge in [0.05, 0.1) is 0 Å². The van der Waals surface area contributed by atoms with E-state index in [1.165, 1.54) is 0 Å². The fraction of sp³-hybridized carbons (Fsp3) is 0.385. The van der Waals surface area contributed by atoms with Crippen molar-refractivity contribution in [3.05, 3.63) is 42.5 Å². The number of hydrogen-bond acceptors (Lipinski definition) is 2. The molecule has 82 valence electrons. The summed E-state index contributed by atoms with van der Waals surface area (Å²) in [6, 6.07) is 7.86. The van der Waals surface area contributed by atoms with Crippen molar-refractivity contribution < 1.29 is 5.11 Å². The fourth-order valence-corrected chi connectivity index (χ4v) is 1.41. The highest BCUT2D eigenvalue weighted by molar-refractivity contribution is 5.31. The Bertz CT molecular complexity index is 309. The van der Waals surface area contributed by atoms with Gasteiger partial charge < -0.3 is 10.4 Å². The Morgan fingerprint density at radius 3 is 2.87 bits per heavy atom. The van der Waals surface area contributed by atoms with E-state index in [1.807, 2.05) is 24.3 Å². The first kappa shape index (κ1) is 11.8. The van der Waals surface area contributed by atoms with Crippen LogP contribution in [0.3, 0.4) is 0 Å². The molecule has 0 aliphatic rings. The molecule has 0 aromatic heterocycles. The summed E-state index contributed by atoms with van der Waals surface area (Å²) in [5.41, 5.74) is 0.947. The van der Waals surface area contributed by atoms with Gasteiger partial charge in [0.25, 0.3) is 0 Å². The highest BCUT2D eigenvalue weighted by Gasteiger charge is 2.02. The molecule has 0 saturated carbocycles. The molecule has 0 aliphatic carbocycles. The molecule has 1 aromatic carbocycles. The zero-order valence-corrected chi connectivity index (χ0v) is 9.24. The Balaban J connectivity index is 2.36. The van der Waals surface area contributed by atoms with Crippen LogP contribution < -0.4 is 5.32 Å². The van der Waals surface area contributed by atoms with Crippen LogP contribution in [0.4, 0.5) is 0 Å². The molecule has 0 saturated heterocycles. The third kappa shape index (κ3) is 4.17. The summed E-state index contributed by atoms with van der Waals surface area (Å²) in [6.45, 7) is 6.55. The van der Waals surface area contributed by atoms with Gasteiger partial charge in [-0.2, -0.15) is 0 Å². The molecular formula is C13H19NO. The monoisotopic (exact) mass is 205 g/mol. The molecule has 1 aromatic rings. The first-order valence-corrected chi connectivity index (χ1v) is 5.35. The molecule has 1 atom stereocenters. The second-order valence-electron chi connectivity index (χ2n) is 3.78. The predicted octanol–water partition coefficient (Wildman–Crippen LogP) is 2.84. The van der Waals surface area contributed by atoms with E-state index in [1.54, 1.807) is 6.07 Å². The second-order valence-corrected chi connectivity index (χ2v) is 3.78. The Kier molecular flexibility index (Phi) is 4.91. The van der Waals surface area contributed by atoms with Crippen molar-refractivity contribution in [2.75, 3.05) is 0 Å². The van der Waals surface area contributed by atoms with Crippen molar-refractivity contribution in [1.82, 2.24) is 5.32 Å². The minimum Gasteiger partial charge on any atom is -0.508 e. The number of benzene rings is 1. The lowest BCUT2D eigenvalue weighted by atomic mass is 10.1. The van der Waals surface area contributed by atoms with Crippen LogP contribution in [-0.2, 0) is 6.54 Å². The van der Waals surface area contributed by atoms with Gasteiger partial charge in [-0.3, -0.25) is 0 Å². The molecule has 0 aliphatic heterocycles. The highest BCUT2D eigenvalue weighted by atomic mass is 16.3. The quantitative estimate of drug-likeness (QED) is 0.700. The van der Waals surface area contributed by atoms with Crippen molar-refractivity contribution in [2.24, 2.45) is 0 Å². The number of para-hydroxylation sites is 1. The van der Waals surface area contributed by atoms with E-state index in [0.29, 0.717) is 18.3 Å². The van der Waals surface area contributed by atoms with Crippen LogP contribution in [0.15, 0.2) is 36.9 Å². The van der Waals surface area contributed by atoms with E-state index in [2.05, 4.69) is 18.8 Å². The summed E-state index contributed by atoms with van der Waals surface area (Å²) < 4.78 is 0. The number of nitrogens with one attached hydrogen (secondary N) is 1. The maximum absolute atomic E-state index is 9.54. The third-order valence-electron chi connectivity index (χ3n) is 2.44. The molecule has 2 heteroatoms. The lowest BCUT2D eigenvalue weighted by Crippen LogP contribution is -2.25. The maximum atomic E-state index is 9.54. The first-order valence-electron chi connectivity index (χ1n) is 5.35. The van der Waals surface area contributed by atoms with Crippen LogP contribution in [-0.4, -0.2) is 11.1 Å². The van der Waals surface area contributed by atoms with Gasteiger partial charge in [0, 0.05) is 18.2 Å². The number of phenols is 1. The first-order chi connectivity index (χ1) is 7.24. The zero-order chi connectivity index (χ0) is 11.1. The van der Waals surface area contributed by atoms with Crippen LogP contribution in [0.25, 0.3) is 0 Å². The van der Waals surface area contributed by atoms with Gasteiger partial charge in [-0.05, 0) is 25.8 Å². The summed E-state index contributed by atoms with van der Waals surface area (Å²) in [5, 5.41) is 12.9. The molecule has 0 fully saturated rings. The predicted molar refractivity (Wildman–Crippen MR) is 63.8 cm³/mol. The largest absolute Gasteiger partial charge is 0.508 e. The Hall–Kier alpha value is -1.28. The number of allylic oxidation sites excluding steroid dienone is 1. The van der Waals surface area contributed by atoms with E-state index in [0.717, 1.165) is 18.4 Å². The minimum atomic E-state index is 0.362. The lowest BCUT2D eigenvalue weighted by Gasteiger charge is -2.13. The van der Waals surface area contributed by atoms with Crippen molar-refractivity contribution >= 4 is 0 Å². The van der Waals surface area contributed by atoms with Gasteiger partial charge in [-0.1, -0.05) is 24.3 Å². The van der Waals surface area contributed by atoms with E-state index in [4.69, 9.17) is 0 Å². The molecule has 1 unspecified atom stereocenters. The third-order valence-corrected chi connectivity index (χ3v) is 2.44.